The smallest absolute Gasteiger partial charge is 0.349 e. The monoisotopic (exact) mass is 412 g/mol. The standard InChI is InChI=1S/C21H20N2O5S/c1-13-6-4-5-7-18(13)27-11-20(25)28-19-10-26-16(9-17(19)24)12-29-21-22-14(2)8-15(3)23-21/h4-10H,11-12H2,1-3H3. The summed E-state index contributed by atoms with van der Waals surface area (Å²) in [6, 6.07) is 10.5. The minimum absolute atomic E-state index is 0.181. The van der Waals surface area contributed by atoms with Crippen LogP contribution >= 0.6 is 11.8 Å². The first-order chi connectivity index (χ1) is 13.9. The Hall–Kier alpha value is -3.13. The molecule has 2 heterocycles. The summed E-state index contributed by atoms with van der Waals surface area (Å²) in [6.45, 7) is 5.34. The van der Waals surface area contributed by atoms with Crippen molar-refractivity contribution in [1.29, 1.82) is 0 Å². The van der Waals surface area contributed by atoms with Gasteiger partial charge in [0.2, 0.25) is 11.2 Å². The molecule has 0 spiro atoms. The summed E-state index contributed by atoms with van der Waals surface area (Å²) in [6.07, 6.45) is 1.13. The van der Waals surface area contributed by atoms with Gasteiger partial charge in [-0.3, -0.25) is 4.79 Å². The van der Waals surface area contributed by atoms with Gasteiger partial charge in [-0.1, -0.05) is 30.0 Å². The molecule has 0 N–H and O–H groups in total. The van der Waals surface area contributed by atoms with Crippen LogP contribution in [0.25, 0.3) is 0 Å². The number of aryl methyl sites for hydroxylation is 3. The van der Waals surface area contributed by atoms with Gasteiger partial charge in [-0.2, -0.15) is 0 Å². The molecule has 150 valence electrons. The van der Waals surface area contributed by atoms with Crippen molar-refractivity contribution in [2.75, 3.05) is 6.61 Å². The van der Waals surface area contributed by atoms with Crippen LogP contribution < -0.4 is 14.9 Å². The molecule has 0 unspecified atom stereocenters. The van der Waals surface area contributed by atoms with E-state index in [1.165, 1.54) is 17.8 Å². The summed E-state index contributed by atoms with van der Waals surface area (Å²) in [4.78, 5) is 32.8. The van der Waals surface area contributed by atoms with Crippen molar-refractivity contribution in [2.24, 2.45) is 0 Å². The molecule has 0 fully saturated rings. The molecule has 0 aliphatic carbocycles. The van der Waals surface area contributed by atoms with E-state index in [1.54, 1.807) is 6.07 Å². The minimum atomic E-state index is -0.689. The molecule has 0 amide bonds. The summed E-state index contributed by atoms with van der Waals surface area (Å²) in [5, 5.41) is 0.606. The van der Waals surface area contributed by atoms with E-state index in [9.17, 15) is 9.59 Å². The lowest BCUT2D eigenvalue weighted by atomic mass is 10.2. The van der Waals surface area contributed by atoms with Crippen molar-refractivity contribution >= 4 is 17.7 Å². The fourth-order valence-corrected chi connectivity index (χ4v) is 3.33. The third kappa shape index (κ3) is 5.92. The number of nitrogens with zero attached hydrogens (tertiary/aromatic N) is 2. The molecule has 0 aliphatic heterocycles. The van der Waals surface area contributed by atoms with E-state index in [4.69, 9.17) is 13.9 Å². The van der Waals surface area contributed by atoms with Crippen LogP contribution in [0.3, 0.4) is 0 Å². The largest absolute Gasteiger partial charge is 0.482 e. The summed E-state index contributed by atoms with van der Waals surface area (Å²) < 4.78 is 15.9. The Morgan fingerprint density at radius 2 is 1.79 bits per heavy atom. The molecule has 29 heavy (non-hydrogen) atoms. The third-order valence-electron chi connectivity index (χ3n) is 3.82. The first-order valence-electron chi connectivity index (χ1n) is 8.86. The predicted octanol–water partition coefficient (Wildman–Crippen LogP) is 3.63. The Kier molecular flexibility index (Phi) is 6.66. The average molecular weight is 412 g/mol. The van der Waals surface area contributed by atoms with Gasteiger partial charge < -0.3 is 13.9 Å². The zero-order chi connectivity index (χ0) is 20.8. The molecule has 0 radical (unpaired) electrons. The maximum atomic E-state index is 12.2. The maximum Gasteiger partial charge on any atom is 0.349 e. The van der Waals surface area contributed by atoms with Crippen molar-refractivity contribution in [1.82, 2.24) is 9.97 Å². The molecule has 3 aromatic rings. The maximum absolute atomic E-state index is 12.2. The van der Waals surface area contributed by atoms with Gasteiger partial charge in [0, 0.05) is 17.5 Å². The SMILES string of the molecule is Cc1cc(C)nc(SCc2cc(=O)c(OC(=O)COc3ccccc3C)co2)n1. The number of rotatable bonds is 7. The Bertz CT molecular complexity index is 1060. The molecular weight excluding hydrogens is 392 g/mol. The summed E-state index contributed by atoms with van der Waals surface area (Å²) in [7, 11) is 0. The van der Waals surface area contributed by atoms with Gasteiger partial charge in [-0.25, -0.2) is 14.8 Å². The van der Waals surface area contributed by atoms with Crippen molar-refractivity contribution < 1.29 is 18.7 Å². The lowest BCUT2D eigenvalue weighted by Gasteiger charge is -2.08. The van der Waals surface area contributed by atoms with E-state index >= 15 is 0 Å². The Balaban J connectivity index is 1.57. The highest BCUT2D eigenvalue weighted by molar-refractivity contribution is 7.98. The van der Waals surface area contributed by atoms with Crippen molar-refractivity contribution in [2.45, 2.75) is 31.7 Å². The molecule has 2 aromatic heterocycles. The van der Waals surface area contributed by atoms with Gasteiger partial charge in [-0.05, 0) is 38.5 Å². The van der Waals surface area contributed by atoms with E-state index in [0.29, 0.717) is 22.4 Å². The van der Waals surface area contributed by atoms with Gasteiger partial charge in [0.1, 0.15) is 17.8 Å². The molecule has 7 nitrogen and oxygen atoms in total. The second-order valence-corrected chi connectivity index (χ2v) is 7.27. The molecule has 0 saturated carbocycles. The molecule has 1 aromatic carbocycles. The zero-order valence-corrected chi connectivity index (χ0v) is 17.1. The first-order valence-corrected chi connectivity index (χ1v) is 9.85. The number of hydrogen-bond acceptors (Lipinski definition) is 8. The van der Waals surface area contributed by atoms with E-state index in [0.717, 1.165) is 23.2 Å². The average Bonchev–Trinajstić information content (AvgIpc) is 2.67. The lowest BCUT2D eigenvalue weighted by Crippen LogP contribution is -2.21. The Morgan fingerprint density at radius 3 is 2.48 bits per heavy atom. The quantitative estimate of drug-likeness (QED) is 0.330. The molecule has 3 rings (SSSR count). The topological polar surface area (TPSA) is 91.5 Å². The van der Waals surface area contributed by atoms with E-state index in [-0.39, 0.29) is 12.4 Å². The van der Waals surface area contributed by atoms with Gasteiger partial charge in [0.15, 0.2) is 11.8 Å². The van der Waals surface area contributed by atoms with E-state index in [2.05, 4.69) is 9.97 Å². The number of thioether (sulfide) groups is 1. The molecule has 0 saturated heterocycles. The van der Waals surface area contributed by atoms with Gasteiger partial charge in [-0.15, -0.1) is 0 Å². The molecular formula is C21H20N2O5S. The highest BCUT2D eigenvalue weighted by Crippen LogP contribution is 2.20. The van der Waals surface area contributed by atoms with Crippen LogP contribution in [0.1, 0.15) is 22.7 Å². The first kappa shape index (κ1) is 20.6. The number of ether oxygens (including phenoxy) is 2. The second kappa shape index (κ2) is 9.38. The summed E-state index contributed by atoms with van der Waals surface area (Å²) in [5.41, 5.74) is 2.19. The van der Waals surface area contributed by atoms with Crippen LogP contribution in [0, 0.1) is 20.8 Å². The number of hydrogen-bond donors (Lipinski definition) is 0. The summed E-state index contributed by atoms with van der Waals surface area (Å²) >= 11 is 1.35. The lowest BCUT2D eigenvalue weighted by molar-refractivity contribution is -0.136. The van der Waals surface area contributed by atoms with Gasteiger partial charge in [0.05, 0.1) is 5.75 Å². The number of aromatic nitrogens is 2. The van der Waals surface area contributed by atoms with E-state index in [1.807, 2.05) is 45.0 Å². The van der Waals surface area contributed by atoms with Crippen LogP contribution in [0.4, 0.5) is 0 Å². The predicted molar refractivity (Wildman–Crippen MR) is 108 cm³/mol. The molecule has 0 bridgehead atoms. The van der Waals surface area contributed by atoms with Gasteiger partial charge >= 0.3 is 5.97 Å². The van der Waals surface area contributed by atoms with Crippen LogP contribution in [-0.2, 0) is 10.5 Å². The van der Waals surface area contributed by atoms with Crippen molar-refractivity contribution in [3.63, 3.8) is 0 Å². The van der Waals surface area contributed by atoms with Crippen LogP contribution in [0.2, 0.25) is 0 Å². The fraction of sp³-hybridized carbons (Fsp3) is 0.238. The van der Waals surface area contributed by atoms with Crippen LogP contribution in [0.5, 0.6) is 11.5 Å². The van der Waals surface area contributed by atoms with Crippen molar-refractivity contribution in [3.8, 4) is 11.5 Å². The number of carbonyl (C=O) groups is 1. The van der Waals surface area contributed by atoms with Crippen LogP contribution in [-0.4, -0.2) is 22.5 Å². The highest BCUT2D eigenvalue weighted by atomic mass is 32.2. The Morgan fingerprint density at radius 1 is 1.07 bits per heavy atom. The third-order valence-corrected chi connectivity index (χ3v) is 4.69. The minimum Gasteiger partial charge on any atom is -0.482 e. The van der Waals surface area contributed by atoms with E-state index < -0.39 is 11.4 Å². The Labute approximate surface area is 172 Å². The summed E-state index contributed by atoms with van der Waals surface area (Å²) in [5.74, 6) is 0.519. The molecule has 0 atom stereocenters. The number of carbonyl (C=O) groups excluding carboxylic acids is 1. The second-order valence-electron chi connectivity index (χ2n) is 6.33. The highest BCUT2D eigenvalue weighted by Gasteiger charge is 2.12. The normalized spacial score (nSPS) is 10.6. The zero-order valence-electron chi connectivity index (χ0n) is 16.3. The van der Waals surface area contributed by atoms with Gasteiger partial charge in [0.25, 0.3) is 0 Å². The number of esters is 1. The molecule has 8 heteroatoms. The number of benzene rings is 1. The number of para-hydroxylation sites is 1. The fourth-order valence-electron chi connectivity index (χ4n) is 2.49. The van der Waals surface area contributed by atoms with Crippen molar-refractivity contribution in [3.05, 3.63) is 75.6 Å². The van der Waals surface area contributed by atoms with Crippen LogP contribution in [0.15, 0.2) is 57.0 Å². The molecule has 0 aliphatic rings.